The molecular weight excluding hydrogens is 302 g/mol. The fourth-order valence-electron chi connectivity index (χ4n) is 3.06. The van der Waals surface area contributed by atoms with Gasteiger partial charge in [0.05, 0.1) is 17.2 Å². The summed E-state index contributed by atoms with van der Waals surface area (Å²) in [5.41, 5.74) is 1.42. The minimum atomic E-state index is -0.0447. The van der Waals surface area contributed by atoms with Crippen LogP contribution in [0.25, 0.3) is 10.9 Å². The Bertz CT molecular complexity index is 722. The molecule has 0 bridgehead atoms. The lowest BCUT2D eigenvalue weighted by molar-refractivity contribution is 0.0917. The third-order valence-corrected chi connectivity index (χ3v) is 4.35. The van der Waals surface area contributed by atoms with E-state index in [1.54, 1.807) is 6.07 Å². The molecule has 3 rings (SSSR count). The van der Waals surface area contributed by atoms with Crippen LogP contribution < -0.4 is 10.1 Å². The summed E-state index contributed by atoms with van der Waals surface area (Å²) >= 11 is 0. The van der Waals surface area contributed by atoms with E-state index >= 15 is 0 Å². The molecule has 5 heteroatoms. The topological polar surface area (TPSA) is 54.5 Å². The molecule has 1 amide bonds. The molecule has 1 aromatic carbocycles. The molecule has 0 aliphatic carbocycles. The summed E-state index contributed by atoms with van der Waals surface area (Å²) in [6.45, 7) is 5.94. The Kier molecular flexibility index (Phi) is 5.00. The Morgan fingerprint density at radius 2 is 2.00 bits per heavy atom. The number of piperidine rings is 1. The molecule has 1 fully saturated rings. The predicted octanol–water partition coefficient (Wildman–Crippen LogP) is 2.85. The minimum absolute atomic E-state index is 0.0171. The number of benzene rings is 1. The number of pyridine rings is 1. The zero-order valence-corrected chi connectivity index (χ0v) is 14.6. The first-order valence-electron chi connectivity index (χ1n) is 8.59. The number of ether oxygens (including phenoxy) is 1. The molecule has 0 unspecified atom stereocenters. The normalized spacial score (nSPS) is 16.5. The first-order chi connectivity index (χ1) is 11.5. The molecule has 24 heavy (non-hydrogen) atoms. The molecule has 1 aliphatic rings. The lowest BCUT2D eigenvalue weighted by Gasteiger charge is -2.29. The average molecular weight is 327 g/mol. The molecule has 1 aromatic heterocycles. The predicted molar refractivity (Wildman–Crippen MR) is 95.5 cm³/mol. The number of nitrogens with one attached hydrogen (secondary N) is 1. The fraction of sp³-hybridized carbons (Fsp3) is 0.474. The van der Waals surface area contributed by atoms with Crippen molar-refractivity contribution in [3.63, 3.8) is 0 Å². The van der Waals surface area contributed by atoms with Crippen LogP contribution in [0, 0.1) is 0 Å². The van der Waals surface area contributed by atoms with Gasteiger partial charge in [-0.1, -0.05) is 18.2 Å². The van der Waals surface area contributed by atoms with Crippen molar-refractivity contribution in [2.24, 2.45) is 0 Å². The minimum Gasteiger partial charge on any atom is -0.475 e. The highest BCUT2D eigenvalue weighted by Crippen LogP contribution is 2.23. The number of nitrogens with zero attached hydrogens (tertiary/aromatic N) is 2. The van der Waals surface area contributed by atoms with Crippen molar-refractivity contribution >= 4 is 16.8 Å². The van der Waals surface area contributed by atoms with Crippen molar-refractivity contribution < 1.29 is 9.53 Å². The molecule has 0 atom stereocenters. The molecule has 0 saturated carbocycles. The Labute approximate surface area is 143 Å². The maximum absolute atomic E-state index is 12.8. The summed E-state index contributed by atoms with van der Waals surface area (Å²) in [6, 6.07) is 9.69. The van der Waals surface area contributed by atoms with Crippen molar-refractivity contribution in [3.8, 4) is 5.88 Å². The van der Waals surface area contributed by atoms with E-state index in [1.807, 2.05) is 38.1 Å². The number of amides is 1. The van der Waals surface area contributed by atoms with E-state index in [1.165, 1.54) is 0 Å². The largest absolute Gasteiger partial charge is 0.475 e. The molecule has 128 valence electrons. The second kappa shape index (κ2) is 7.18. The number of hydrogen-bond acceptors (Lipinski definition) is 4. The Morgan fingerprint density at radius 1 is 1.29 bits per heavy atom. The van der Waals surface area contributed by atoms with Crippen LogP contribution in [0.1, 0.15) is 37.0 Å². The van der Waals surface area contributed by atoms with Crippen LogP contribution in [0.3, 0.4) is 0 Å². The van der Waals surface area contributed by atoms with Gasteiger partial charge in [0.2, 0.25) is 5.88 Å². The smallest absolute Gasteiger partial charge is 0.252 e. The summed E-state index contributed by atoms with van der Waals surface area (Å²) in [5, 5.41) is 4.04. The number of carbonyl (C=O) groups is 1. The highest BCUT2D eigenvalue weighted by Gasteiger charge is 2.21. The van der Waals surface area contributed by atoms with E-state index in [-0.39, 0.29) is 18.1 Å². The van der Waals surface area contributed by atoms with Crippen LogP contribution in [-0.4, -0.2) is 48.1 Å². The van der Waals surface area contributed by atoms with Gasteiger partial charge in [-0.2, -0.15) is 0 Å². The molecule has 2 aromatic rings. The van der Waals surface area contributed by atoms with Crippen LogP contribution in [0.4, 0.5) is 0 Å². The summed E-state index contributed by atoms with van der Waals surface area (Å²) in [4.78, 5) is 19.6. The Hall–Kier alpha value is -2.14. The van der Waals surface area contributed by atoms with Gasteiger partial charge >= 0.3 is 0 Å². The molecule has 0 radical (unpaired) electrons. The number of para-hydroxylation sites is 1. The zero-order valence-electron chi connectivity index (χ0n) is 14.6. The second-order valence-electron chi connectivity index (χ2n) is 6.74. The lowest BCUT2D eigenvalue weighted by atomic mass is 10.0. The molecule has 1 saturated heterocycles. The summed E-state index contributed by atoms with van der Waals surface area (Å²) in [6.07, 6.45) is 1.99. The van der Waals surface area contributed by atoms with Gasteiger partial charge in [0.15, 0.2) is 0 Å². The summed E-state index contributed by atoms with van der Waals surface area (Å²) < 4.78 is 5.72. The molecular formula is C19H25N3O2. The van der Waals surface area contributed by atoms with E-state index in [0.29, 0.717) is 11.4 Å². The quantitative estimate of drug-likeness (QED) is 0.938. The fourth-order valence-corrected chi connectivity index (χ4v) is 3.06. The maximum Gasteiger partial charge on any atom is 0.252 e. The first-order valence-corrected chi connectivity index (χ1v) is 8.59. The number of likely N-dealkylation sites (tertiary alicyclic amines) is 1. The summed E-state index contributed by atoms with van der Waals surface area (Å²) in [5.74, 6) is 0.453. The monoisotopic (exact) mass is 327 g/mol. The second-order valence-corrected chi connectivity index (χ2v) is 6.74. The average Bonchev–Trinajstić information content (AvgIpc) is 2.55. The number of hydrogen-bond donors (Lipinski definition) is 1. The van der Waals surface area contributed by atoms with Gasteiger partial charge in [-0.05, 0) is 52.9 Å². The van der Waals surface area contributed by atoms with Gasteiger partial charge < -0.3 is 15.0 Å². The maximum atomic E-state index is 12.8. The molecule has 0 spiro atoms. The van der Waals surface area contributed by atoms with E-state index in [9.17, 15) is 4.79 Å². The summed E-state index contributed by atoms with van der Waals surface area (Å²) in [7, 11) is 2.12. The molecule has 1 N–H and O–H groups in total. The third kappa shape index (κ3) is 3.85. The Balaban J connectivity index is 1.87. The number of fused-ring (bicyclic) bond motifs is 1. The van der Waals surface area contributed by atoms with Crippen molar-refractivity contribution in [3.05, 3.63) is 35.9 Å². The third-order valence-electron chi connectivity index (χ3n) is 4.35. The lowest BCUT2D eigenvalue weighted by Crippen LogP contribution is -2.43. The van der Waals surface area contributed by atoms with E-state index in [0.717, 1.165) is 36.8 Å². The Morgan fingerprint density at radius 3 is 2.71 bits per heavy atom. The highest BCUT2D eigenvalue weighted by molar-refractivity contribution is 6.06. The van der Waals surface area contributed by atoms with Crippen LogP contribution in [0.2, 0.25) is 0 Å². The van der Waals surface area contributed by atoms with Gasteiger partial charge in [-0.3, -0.25) is 4.79 Å². The first kappa shape index (κ1) is 16.7. The number of carbonyl (C=O) groups excluding carboxylic acids is 1. The van der Waals surface area contributed by atoms with Gasteiger partial charge in [-0.25, -0.2) is 4.98 Å². The van der Waals surface area contributed by atoms with Gasteiger partial charge in [0, 0.05) is 17.5 Å². The number of aromatic nitrogens is 1. The van der Waals surface area contributed by atoms with Crippen LogP contribution >= 0.6 is 0 Å². The van der Waals surface area contributed by atoms with Gasteiger partial charge in [0.25, 0.3) is 5.91 Å². The standard InChI is InChI=1S/C19H25N3O2/c1-13(2)24-18-12-16(15-6-4-5-7-17(15)21-18)19(23)20-14-8-10-22(3)11-9-14/h4-7,12-14H,8-11H2,1-3H3,(H,20,23). The van der Waals surface area contributed by atoms with E-state index in [4.69, 9.17) is 4.74 Å². The van der Waals surface area contributed by atoms with Crippen molar-refractivity contribution in [2.45, 2.75) is 38.8 Å². The van der Waals surface area contributed by atoms with Crippen LogP contribution in [0.5, 0.6) is 5.88 Å². The van der Waals surface area contributed by atoms with Crippen LogP contribution in [0.15, 0.2) is 30.3 Å². The van der Waals surface area contributed by atoms with Gasteiger partial charge in [-0.15, -0.1) is 0 Å². The van der Waals surface area contributed by atoms with E-state index in [2.05, 4.69) is 22.2 Å². The van der Waals surface area contributed by atoms with E-state index < -0.39 is 0 Å². The van der Waals surface area contributed by atoms with Crippen molar-refractivity contribution in [2.75, 3.05) is 20.1 Å². The van der Waals surface area contributed by atoms with Gasteiger partial charge in [0.1, 0.15) is 0 Å². The van der Waals surface area contributed by atoms with Crippen LogP contribution in [-0.2, 0) is 0 Å². The van der Waals surface area contributed by atoms with Crippen molar-refractivity contribution in [1.82, 2.24) is 15.2 Å². The van der Waals surface area contributed by atoms with Crippen molar-refractivity contribution in [1.29, 1.82) is 0 Å². The zero-order chi connectivity index (χ0) is 17.1. The number of rotatable bonds is 4. The molecule has 5 nitrogen and oxygen atoms in total. The SMILES string of the molecule is CC(C)Oc1cc(C(=O)NC2CCN(C)CC2)c2ccccc2n1. The highest BCUT2D eigenvalue weighted by atomic mass is 16.5. The molecule has 1 aliphatic heterocycles. The molecule has 2 heterocycles.